The van der Waals surface area contributed by atoms with Gasteiger partial charge in [0.05, 0.1) is 43.4 Å². The van der Waals surface area contributed by atoms with Crippen LogP contribution in [0, 0.1) is 26.3 Å². The molecular weight excluding hydrogens is 1730 g/mol. The maximum absolute atomic E-state index is 13.1. The number of halogens is 1. The van der Waals surface area contributed by atoms with Crippen molar-refractivity contribution in [3.63, 3.8) is 0 Å². The van der Waals surface area contributed by atoms with E-state index in [2.05, 4.69) is 175 Å². The summed E-state index contributed by atoms with van der Waals surface area (Å²) in [6.45, 7) is 75.0. The molecule has 0 spiro atoms. The van der Waals surface area contributed by atoms with Gasteiger partial charge in [-0.05, 0) is 208 Å². The number of alkyl carbamates (subject to hydrolysis) is 1. The van der Waals surface area contributed by atoms with Crippen LogP contribution >= 0.6 is 45.9 Å². The number of carbonyl (C=O) groups excluding carboxylic acids is 3. The normalized spacial score (nSPS) is 15.6. The Kier molecular flexibility index (Phi) is 67.9. The summed E-state index contributed by atoms with van der Waals surface area (Å²) in [6.07, 6.45) is 18.3. The number of benzene rings is 2. The molecule has 2 aliphatic rings. The molecule has 2 fully saturated rings. The first-order valence-corrected chi connectivity index (χ1v) is 52.7. The van der Waals surface area contributed by atoms with Crippen LogP contribution in [0.15, 0.2) is 41.3 Å². The zero-order chi connectivity index (χ0) is 94.4. The molecule has 2 aromatic rings. The zero-order valence-electron chi connectivity index (χ0n) is 80.8. The van der Waals surface area contributed by atoms with Crippen molar-refractivity contribution in [3.8, 4) is 0 Å². The molecule has 2 aromatic carbocycles. The number of rotatable bonds is 66. The smallest absolute Gasteiger partial charge is 0.407 e. The monoisotopic (exact) mass is 1890 g/mol. The minimum Gasteiger partial charge on any atom is -0.444 e. The van der Waals surface area contributed by atoms with Crippen molar-refractivity contribution < 1.29 is 72.9 Å². The van der Waals surface area contributed by atoms with Gasteiger partial charge in [0.2, 0.25) is 42.1 Å². The molecule has 37 heteroatoms. The van der Waals surface area contributed by atoms with Gasteiger partial charge < -0.3 is 91.2 Å². The maximum atomic E-state index is 13.1. The number of urea groups is 1. The highest BCUT2D eigenvalue weighted by molar-refractivity contribution is 8.00. The lowest BCUT2D eigenvalue weighted by molar-refractivity contribution is -0.121. The number of unbranched alkanes of at least 4 members (excludes halogenated alkanes) is 13. The molecule has 2 heterocycles. The first-order valence-electron chi connectivity index (χ1n) is 45.6. The molecule has 0 saturated carbocycles. The highest BCUT2D eigenvalue weighted by Crippen LogP contribution is 2.49. The van der Waals surface area contributed by atoms with Crippen LogP contribution in [0.1, 0.15) is 260 Å². The van der Waals surface area contributed by atoms with E-state index in [1.807, 2.05) is 75.8 Å². The van der Waals surface area contributed by atoms with E-state index in [-0.39, 0.29) is 48.9 Å². The predicted molar refractivity (Wildman–Crippen MR) is 518 cm³/mol. The van der Waals surface area contributed by atoms with Crippen LogP contribution in [0.5, 0.6) is 0 Å². The van der Waals surface area contributed by atoms with Gasteiger partial charge in [0.15, 0.2) is 0 Å². The van der Waals surface area contributed by atoms with E-state index < -0.39 is 49.7 Å². The van der Waals surface area contributed by atoms with Gasteiger partial charge in [-0.25, -0.2) is 67.7 Å². The number of amides is 4. The Morgan fingerprint density at radius 3 is 1.27 bits per heavy atom. The standard InChI is InChI=1S/C27H43N4O4PS.C25H46N5O4PS.C20H40N3O4P.C17H35FN3O3P/c1-22(2)31(23(3)4)36(35-21-19-28-5)34-20-11-9-8-10-18-29-37(32,33)27-17-13-14-24-25(27)15-12-16-26(24)30(6)7;1-19(2)30(20(3)4)35(34-17-15-26-5)33-16-11-7-6-10-14-27-23(31)13-9-8-12-22-24-21(18-36-22)28-25(32)29-24;1-17(2)23(18(3)4)28(26-16-14-21-8)25-15-12-10-9-11-13-22-19(24)27-20(5,6)7;1-16(2)21(17(3)4)25(24-14-11-19-5)23-13-10-8-7-9-12-20(18)15-22-6/h12-17,22-23,29H,8-11,18-21H2,1-4,6-7H3;19-22,24H,6-18H2,1-4H3,(H,27,31)(H2,28,29,32);17-18H,9-16H2,1-7H3,(H,22,24);16-17H,7-15H2,1-4,6H3. The van der Waals surface area contributed by atoms with E-state index >= 15 is 0 Å². The van der Waals surface area contributed by atoms with Crippen molar-refractivity contribution in [3.05, 3.63) is 82.1 Å². The van der Waals surface area contributed by atoms with E-state index in [4.69, 9.17) is 72.0 Å². The minimum atomic E-state index is -3.61. The maximum Gasteiger partial charge on any atom is 0.407 e. The topological polar surface area (TPSA) is 275 Å². The van der Waals surface area contributed by atoms with Gasteiger partial charge in [0.1, 0.15) is 38.8 Å². The minimum absolute atomic E-state index is 0.0234. The number of nitrogens with zero attached hydrogens (tertiary/aromatic N) is 10. The fraction of sp³-hybridized carbons (Fsp3) is 0.809. The molecule has 7 unspecified atom stereocenters. The number of carbonyl (C=O) groups is 3. The first-order chi connectivity index (χ1) is 59.9. The van der Waals surface area contributed by atoms with E-state index in [0.717, 1.165) is 151 Å². The molecule has 2 aliphatic heterocycles. The Bertz CT molecular complexity index is 3460. The first kappa shape index (κ1) is 120. The summed E-state index contributed by atoms with van der Waals surface area (Å²) in [5, 5.41) is 14.6. The van der Waals surface area contributed by atoms with Crippen LogP contribution < -0.4 is 30.9 Å². The number of anilines is 1. The Labute approximate surface area is 770 Å². The highest BCUT2D eigenvalue weighted by atomic mass is 32.2. The van der Waals surface area contributed by atoms with Crippen molar-refractivity contribution in [2.75, 3.05) is 144 Å². The van der Waals surface area contributed by atoms with Crippen LogP contribution in [0.4, 0.5) is 19.8 Å². The second-order valence-electron chi connectivity index (χ2n) is 34.2. The molecule has 5 N–H and O–H groups in total. The van der Waals surface area contributed by atoms with Crippen LogP contribution in [0.3, 0.4) is 0 Å². The number of sulfonamides is 1. The fourth-order valence-electron chi connectivity index (χ4n) is 13.8. The van der Waals surface area contributed by atoms with Gasteiger partial charge in [-0.2, -0.15) is 11.8 Å². The third-order valence-corrected chi connectivity index (χ3v) is 30.6. The highest BCUT2D eigenvalue weighted by Gasteiger charge is 2.43. The third-order valence-electron chi connectivity index (χ3n) is 19.2. The summed E-state index contributed by atoms with van der Waals surface area (Å²) >= 11 is 1.92. The number of hydrogen-bond acceptors (Lipinski definition) is 22. The lowest BCUT2D eigenvalue weighted by atomic mass is 10.0. The van der Waals surface area contributed by atoms with E-state index in [1.165, 1.54) is 7.11 Å². The van der Waals surface area contributed by atoms with Crippen molar-refractivity contribution in [2.24, 2.45) is 0 Å². The van der Waals surface area contributed by atoms with Crippen molar-refractivity contribution in [1.82, 2.24) is 49.8 Å². The van der Waals surface area contributed by atoms with Crippen LogP contribution in [-0.2, 0) is 60.5 Å². The number of methoxy groups -OCH3 is 1. The summed E-state index contributed by atoms with van der Waals surface area (Å²) in [4.78, 5) is 50.9. The van der Waals surface area contributed by atoms with E-state index in [9.17, 15) is 27.3 Å². The molecule has 0 aromatic heterocycles. The quantitative estimate of drug-likeness (QED) is 0.0103. The second kappa shape index (κ2) is 71.4. The molecular formula is C89H164FN15O15P4S2. The Hall–Kier alpha value is -4.18. The van der Waals surface area contributed by atoms with E-state index in [1.54, 1.807) is 12.1 Å². The summed E-state index contributed by atoms with van der Waals surface area (Å²) < 4.78 is 109. The summed E-state index contributed by atoms with van der Waals surface area (Å²) in [5.41, 5.74) is 0.526. The average Bonchev–Trinajstić information content (AvgIpc) is 1.00. The Morgan fingerprint density at radius 1 is 0.508 bits per heavy atom. The lowest BCUT2D eigenvalue weighted by Gasteiger charge is -2.35. The second-order valence-corrected chi connectivity index (χ2v) is 43.1. The molecule has 4 rings (SSSR count). The predicted octanol–water partition coefficient (Wildman–Crippen LogP) is 20.7. The number of nitrogens with one attached hydrogen (secondary N) is 5. The molecule has 4 amide bonds. The molecule has 0 bridgehead atoms. The van der Waals surface area contributed by atoms with E-state index in [0.29, 0.717) is 157 Å². The lowest BCUT2D eigenvalue weighted by Crippen LogP contribution is -2.36. The molecule has 0 aliphatic carbocycles. The number of thioether (sulfide) groups is 1. The van der Waals surface area contributed by atoms with Gasteiger partial charge in [0.25, 0.3) is 34.1 Å². The molecule has 2 saturated heterocycles. The van der Waals surface area contributed by atoms with Crippen molar-refractivity contribution in [1.29, 1.82) is 0 Å². The molecule has 30 nitrogen and oxygen atoms in total. The molecule has 724 valence electrons. The van der Waals surface area contributed by atoms with Crippen molar-refractivity contribution in [2.45, 2.75) is 336 Å². The van der Waals surface area contributed by atoms with Crippen LogP contribution in [0.25, 0.3) is 30.2 Å². The van der Waals surface area contributed by atoms with Crippen LogP contribution in [0.2, 0.25) is 0 Å². The van der Waals surface area contributed by atoms with Gasteiger partial charge in [-0.1, -0.05) is 82.1 Å². The van der Waals surface area contributed by atoms with Crippen molar-refractivity contribution >= 4 is 90.4 Å². The van der Waals surface area contributed by atoms with Crippen LogP contribution in [-0.4, -0.2) is 260 Å². The summed E-state index contributed by atoms with van der Waals surface area (Å²) in [7, 11) is -2.88. The number of hydrogen-bond donors (Lipinski definition) is 5. The van der Waals surface area contributed by atoms with Gasteiger partial charge in [-0.3, -0.25) is 4.79 Å². The largest absolute Gasteiger partial charge is 0.444 e. The molecule has 7 atom stereocenters. The summed E-state index contributed by atoms with van der Waals surface area (Å²) in [5.74, 6) is 1.11. The van der Waals surface area contributed by atoms with Gasteiger partial charge >= 0.3 is 12.1 Å². The number of ether oxygens (including phenoxy) is 2. The third kappa shape index (κ3) is 53.5. The summed E-state index contributed by atoms with van der Waals surface area (Å²) in [6, 6.07) is 14.1. The fourth-order valence-corrected chi connectivity index (χ4v) is 23.1. The number of fused-ring (bicyclic) bond motifs is 2. The van der Waals surface area contributed by atoms with Gasteiger partial charge in [-0.15, -0.1) is 9.60 Å². The Balaban J connectivity index is 0.000000851. The molecule has 0 radical (unpaired) electrons. The van der Waals surface area contributed by atoms with Gasteiger partial charge in [0, 0.05) is 130 Å². The Morgan fingerprint density at radius 2 is 0.881 bits per heavy atom. The molecule has 126 heavy (non-hydrogen) atoms. The zero-order valence-corrected chi connectivity index (χ0v) is 86.0. The average molecular weight is 1890 g/mol. The SMILES string of the molecule is [C-]#[N+]CCOP(OCCCCCCN(F)COC)N(C(C)C)C(C)C.[C-]#[N+]CCOP(OCCCCCCNC(=O)CCCCC1SCC2NC(=O)NC21)N(C(C)C)C(C)C.[C-]#[N+]CCOP(OCCCCCCNC(=O)OC(C)(C)C)N(C(C)C)C(C)C.[C-]#[N+]CCOP(OCCCCCCNS(=O)(=O)c1cccc2c(N(C)C)cccc12)N(C(C)C)C(C)C.